The van der Waals surface area contributed by atoms with Crippen LogP contribution in [0, 0.1) is 0 Å². The topological polar surface area (TPSA) is 50.1 Å². The monoisotopic (exact) mass is 272 g/mol. The van der Waals surface area contributed by atoms with Crippen molar-refractivity contribution in [1.82, 2.24) is 24.4 Å². The average molecular weight is 272 g/mol. The Morgan fingerprint density at radius 3 is 2.70 bits per heavy atom. The van der Waals surface area contributed by atoms with Crippen molar-refractivity contribution in [3.05, 3.63) is 12.2 Å². The van der Waals surface area contributed by atoms with Gasteiger partial charge < -0.3 is 14.4 Å². The van der Waals surface area contributed by atoms with Crippen molar-refractivity contribution in [2.75, 3.05) is 38.1 Å². The number of imidazole rings is 1. The van der Waals surface area contributed by atoms with Crippen molar-refractivity contribution >= 4 is 17.0 Å². The van der Waals surface area contributed by atoms with E-state index in [1.165, 1.54) is 18.7 Å². The van der Waals surface area contributed by atoms with Gasteiger partial charge in [-0.2, -0.15) is 0 Å². The molecule has 4 heterocycles. The molecule has 2 aromatic heterocycles. The number of likely N-dealkylation sites (N-methyl/N-ethyl adjacent to an activating group) is 1. The molecule has 2 aromatic rings. The van der Waals surface area contributed by atoms with Crippen LogP contribution < -0.4 is 4.90 Å². The zero-order valence-corrected chi connectivity index (χ0v) is 11.9. The summed E-state index contributed by atoms with van der Waals surface area (Å²) in [6.45, 7) is 5.25. The summed E-state index contributed by atoms with van der Waals surface area (Å²) in [6.07, 6.45) is 5.23. The van der Waals surface area contributed by atoms with E-state index in [4.69, 9.17) is 4.98 Å². The van der Waals surface area contributed by atoms with Crippen LogP contribution >= 0.6 is 0 Å². The molecule has 0 bridgehead atoms. The predicted molar refractivity (Wildman–Crippen MR) is 78.0 cm³/mol. The van der Waals surface area contributed by atoms with Gasteiger partial charge in [-0.15, -0.1) is 0 Å². The number of nitrogens with zero attached hydrogens (tertiary/aromatic N) is 6. The van der Waals surface area contributed by atoms with Crippen LogP contribution in [0.5, 0.6) is 0 Å². The number of aromatic nitrogens is 4. The molecule has 0 aromatic carbocycles. The SMILES string of the molecule is CN1CCN(c2ncnc3c2nc2n3CCCC2)CC1. The fraction of sp³-hybridized carbons (Fsp3) is 0.643. The lowest BCUT2D eigenvalue weighted by Gasteiger charge is -2.33. The van der Waals surface area contributed by atoms with E-state index in [0.717, 1.165) is 56.1 Å². The lowest BCUT2D eigenvalue weighted by molar-refractivity contribution is 0.312. The molecule has 1 saturated heterocycles. The zero-order valence-electron chi connectivity index (χ0n) is 11.9. The van der Waals surface area contributed by atoms with Crippen LogP contribution in [0.4, 0.5) is 5.82 Å². The maximum Gasteiger partial charge on any atom is 0.165 e. The molecule has 1 fully saturated rings. The number of rotatable bonds is 1. The quantitative estimate of drug-likeness (QED) is 0.772. The highest BCUT2D eigenvalue weighted by Crippen LogP contribution is 2.27. The Morgan fingerprint density at radius 2 is 1.85 bits per heavy atom. The van der Waals surface area contributed by atoms with Gasteiger partial charge in [0.1, 0.15) is 12.2 Å². The molecule has 0 unspecified atom stereocenters. The fourth-order valence-electron chi connectivity index (χ4n) is 3.20. The first-order chi connectivity index (χ1) is 9.83. The summed E-state index contributed by atoms with van der Waals surface area (Å²) in [6, 6.07) is 0. The van der Waals surface area contributed by atoms with Crippen LogP contribution in [0.25, 0.3) is 11.2 Å². The van der Waals surface area contributed by atoms with Gasteiger partial charge in [-0.3, -0.25) is 0 Å². The Morgan fingerprint density at radius 1 is 1.00 bits per heavy atom. The summed E-state index contributed by atoms with van der Waals surface area (Å²) < 4.78 is 2.28. The Kier molecular flexibility index (Phi) is 2.84. The van der Waals surface area contributed by atoms with Crippen LogP contribution in [0.3, 0.4) is 0 Å². The molecule has 0 aliphatic carbocycles. The van der Waals surface area contributed by atoms with Gasteiger partial charge in [0, 0.05) is 39.1 Å². The zero-order chi connectivity index (χ0) is 13.5. The lowest BCUT2D eigenvalue weighted by Crippen LogP contribution is -2.44. The van der Waals surface area contributed by atoms with Gasteiger partial charge in [-0.25, -0.2) is 15.0 Å². The van der Waals surface area contributed by atoms with E-state index in [1.54, 1.807) is 6.33 Å². The molecule has 6 heteroatoms. The molecule has 0 atom stereocenters. The number of aryl methyl sites for hydroxylation is 2. The molecule has 0 radical (unpaired) electrons. The molecule has 2 aliphatic rings. The summed E-state index contributed by atoms with van der Waals surface area (Å²) in [4.78, 5) is 18.5. The summed E-state index contributed by atoms with van der Waals surface area (Å²) >= 11 is 0. The van der Waals surface area contributed by atoms with Crippen LogP contribution in [0.15, 0.2) is 6.33 Å². The normalized spacial score (nSPS) is 20.4. The second-order valence-electron chi connectivity index (χ2n) is 5.80. The molecule has 20 heavy (non-hydrogen) atoms. The third kappa shape index (κ3) is 1.86. The minimum absolute atomic E-state index is 0.994. The van der Waals surface area contributed by atoms with E-state index in [1.807, 2.05) is 0 Å². The minimum atomic E-state index is 0.994. The van der Waals surface area contributed by atoms with E-state index < -0.39 is 0 Å². The molecule has 0 amide bonds. The van der Waals surface area contributed by atoms with E-state index in [9.17, 15) is 0 Å². The molecule has 2 aliphatic heterocycles. The largest absolute Gasteiger partial charge is 0.352 e. The highest BCUT2D eigenvalue weighted by molar-refractivity contribution is 5.84. The van der Waals surface area contributed by atoms with Gasteiger partial charge in [0.05, 0.1) is 0 Å². The Hall–Kier alpha value is -1.69. The van der Waals surface area contributed by atoms with Gasteiger partial charge in [0.15, 0.2) is 17.0 Å². The first kappa shape index (κ1) is 12.1. The van der Waals surface area contributed by atoms with Gasteiger partial charge in [-0.05, 0) is 19.9 Å². The van der Waals surface area contributed by atoms with Gasteiger partial charge in [0.25, 0.3) is 0 Å². The molecular formula is C14H20N6. The highest BCUT2D eigenvalue weighted by atomic mass is 15.3. The number of hydrogen-bond donors (Lipinski definition) is 0. The van der Waals surface area contributed by atoms with Crippen molar-refractivity contribution in [1.29, 1.82) is 0 Å². The summed E-state index contributed by atoms with van der Waals surface area (Å²) in [7, 11) is 2.17. The van der Waals surface area contributed by atoms with Crippen molar-refractivity contribution in [2.24, 2.45) is 0 Å². The van der Waals surface area contributed by atoms with E-state index in [-0.39, 0.29) is 0 Å². The second-order valence-corrected chi connectivity index (χ2v) is 5.80. The molecule has 0 N–H and O–H groups in total. The fourth-order valence-corrected chi connectivity index (χ4v) is 3.20. The Balaban J connectivity index is 1.78. The van der Waals surface area contributed by atoms with Gasteiger partial charge in [0.2, 0.25) is 0 Å². The van der Waals surface area contributed by atoms with Crippen molar-refractivity contribution in [2.45, 2.75) is 25.8 Å². The van der Waals surface area contributed by atoms with Crippen molar-refractivity contribution < 1.29 is 0 Å². The van der Waals surface area contributed by atoms with E-state index >= 15 is 0 Å². The Bertz CT molecular complexity index is 626. The minimum Gasteiger partial charge on any atom is -0.352 e. The average Bonchev–Trinajstić information content (AvgIpc) is 2.87. The van der Waals surface area contributed by atoms with E-state index in [0.29, 0.717) is 0 Å². The molecule has 6 nitrogen and oxygen atoms in total. The molecule has 4 rings (SSSR count). The molecule has 106 valence electrons. The maximum atomic E-state index is 4.83. The molecule has 0 saturated carbocycles. The van der Waals surface area contributed by atoms with Crippen LogP contribution in [-0.4, -0.2) is 57.6 Å². The highest BCUT2D eigenvalue weighted by Gasteiger charge is 2.22. The first-order valence-electron chi connectivity index (χ1n) is 7.46. The van der Waals surface area contributed by atoms with Crippen molar-refractivity contribution in [3.63, 3.8) is 0 Å². The van der Waals surface area contributed by atoms with Crippen LogP contribution in [-0.2, 0) is 13.0 Å². The number of hydrogen-bond acceptors (Lipinski definition) is 5. The Labute approximate surface area is 118 Å². The van der Waals surface area contributed by atoms with Crippen LogP contribution in [0.2, 0.25) is 0 Å². The molecular weight excluding hydrogens is 252 g/mol. The first-order valence-corrected chi connectivity index (χ1v) is 7.46. The van der Waals surface area contributed by atoms with Crippen LogP contribution in [0.1, 0.15) is 18.7 Å². The second kappa shape index (κ2) is 4.70. The number of piperazine rings is 1. The van der Waals surface area contributed by atoms with Crippen molar-refractivity contribution in [3.8, 4) is 0 Å². The predicted octanol–water partition coefficient (Wildman–Crippen LogP) is 0.914. The van der Waals surface area contributed by atoms with E-state index in [2.05, 4.69) is 31.4 Å². The summed E-state index contributed by atoms with van der Waals surface area (Å²) in [5.41, 5.74) is 2.01. The summed E-state index contributed by atoms with van der Waals surface area (Å²) in [5.74, 6) is 2.20. The third-order valence-electron chi connectivity index (χ3n) is 4.43. The third-order valence-corrected chi connectivity index (χ3v) is 4.43. The van der Waals surface area contributed by atoms with Gasteiger partial charge >= 0.3 is 0 Å². The van der Waals surface area contributed by atoms with Gasteiger partial charge in [-0.1, -0.05) is 0 Å². The number of anilines is 1. The smallest absolute Gasteiger partial charge is 0.165 e. The lowest BCUT2D eigenvalue weighted by atomic mass is 10.2. The number of fused-ring (bicyclic) bond motifs is 3. The maximum absolute atomic E-state index is 4.83. The molecule has 0 spiro atoms. The summed E-state index contributed by atoms with van der Waals surface area (Å²) in [5, 5.41) is 0. The standard InChI is InChI=1S/C14H20N6/c1-18-6-8-19(9-7-18)13-12-14(16-10-15-13)20-5-3-2-4-11(20)17-12/h10H,2-9H2,1H3.